The van der Waals surface area contributed by atoms with Gasteiger partial charge >= 0.3 is 13.8 Å². The largest absolute Gasteiger partial charge is 0.618 e. The molecular formula is C10H13FNO6P. The topological polar surface area (TPSA) is 97.1 Å². The van der Waals surface area contributed by atoms with Crippen molar-refractivity contribution in [3.05, 3.63) is 30.1 Å². The van der Waals surface area contributed by atoms with Crippen molar-refractivity contribution in [3.8, 4) is 5.75 Å². The van der Waals surface area contributed by atoms with Crippen LogP contribution < -0.4 is 10.3 Å². The molecule has 0 aliphatic heterocycles. The van der Waals surface area contributed by atoms with Gasteiger partial charge in [-0.25, -0.2) is 18.6 Å². The van der Waals surface area contributed by atoms with Crippen molar-refractivity contribution in [2.45, 2.75) is 13.0 Å². The molecule has 106 valence electrons. The van der Waals surface area contributed by atoms with E-state index in [0.29, 0.717) is 0 Å². The van der Waals surface area contributed by atoms with E-state index < -0.39 is 25.7 Å². The van der Waals surface area contributed by atoms with Crippen LogP contribution in [-0.4, -0.2) is 19.1 Å². The number of hydrogen-bond donors (Lipinski definition) is 1. The number of benzene rings is 1. The van der Waals surface area contributed by atoms with Gasteiger partial charge in [-0.05, 0) is 31.2 Å². The third-order valence-corrected chi connectivity index (χ3v) is 2.94. The van der Waals surface area contributed by atoms with Crippen LogP contribution in [0, 0.1) is 5.82 Å². The number of nitrogens with two attached hydrogens (primary N) is 1. The first kappa shape index (κ1) is 15.6. The highest BCUT2D eigenvalue weighted by Crippen LogP contribution is 2.49. The van der Waals surface area contributed by atoms with Crippen molar-refractivity contribution in [1.82, 2.24) is 0 Å². The van der Waals surface area contributed by atoms with E-state index in [-0.39, 0.29) is 5.75 Å². The van der Waals surface area contributed by atoms with Gasteiger partial charge in [0.15, 0.2) is 0 Å². The highest BCUT2D eigenvalue weighted by atomic mass is 31.2. The SMILES string of the molecule is COOP(=O)(OC(=O)[C@H](C)N)Oc1ccc(F)cc1. The van der Waals surface area contributed by atoms with Gasteiger partial charge in [0.2, 0.25) is 0 Å². The Morgan fingerprint density at radius 2 is 1.95 bits per heavy atom. The van der Waals surface area contributed by atoms with Crippen LogP contribution in [-0.2, 0) is 23.4 Å². The Morgan fingerprint density at radius 3 is 2.42 bits per heavy atom. The summed E-state index contributed by atoms with van der Waals surface area (Å²) in [5.41, 5.74) is 5.26. The Labute approximate surface area is 108 Å². The predicted octanol–water partition coefficient (Wildman–Crippen LogP) is 1.78. The first-order valence-electron chi connectivity index (χ1n) is 5.13. The van der Waals surface area contributed by atoms with Gasteiger partial charge in [-0.3, -0.25) is 0 Å². The van der Waals surface area contributed by atoms with Crippen LogP contribution in [0.2, 0.25) is 0 Å². The molecule has 1 aromatic rings. The zero-order chi connectivity index (χ0) is 14.5. The third-order valence-electron chi connectivity index (χ3n) is 1.77. The van der Waals surface area contributed by atoms with Crippen molar-refractivity contribution in [2.75, 3.05) is 7.11 Å². The van der Waals surface area contributed by atoms with Gasteiger partial charge in [0.05, 0.1) is 7.11 Å². The molecule has 0 saturated carbocycles. The highest BCUT2D eigenvalue weighted by molar-refractivity contribution is 7.49. The quantitative estimate of drug-likeness (QED) is 0.485. The number of halogens is 1. The van der Waals surface area contributed by atoms with Crippen molar-refractivity contribution in [1.29, 1.82) is 0 Å². The van der Waals surface area contributed by atoms with Gasteiger partial charge in [-0.1, -0.05) is 0 Å². The number of carbonyl (C=O) groups is 1. The van der Waals surface area contributed by atoms with E-state index in [1.54, 1.807) is 0 Å². The van der Waals surface area contributed by atoms with Crippen molar-refractivity contribution in [3.63, 3.8) is 0 Å². The number of phosphoric ester groups is 1. The maximum atomic E-state index is 12.7. The lowest BCUT2D eigenvalue weighted by atomic mass is 10.3. The van der Waals surface area contributed by atoms with E-state index in [9.17, 15) is 13.8 Å². The molecule has 7 nitrogen and oxygen atoms in total. The molecule has 1 aromatic carbocycles. The van der Waals surface area contributed by atoms with Crippen LogP contribution in [0.5, 0.6) is 5.75 Å². The van der Waals surface area contributed by atoms with Crippen molar-refractivity contribution < 1.29 is 32.4 Å². The summed E-state index contributed by atoms with van der Waals surface area (Å²) in [6.45, 7) is 1.33. The molecule has 0 heterocycles. The van der Waals surface area contributed by atoms with Crippen LogP contribution in [0.3, 0.4) is 0 Å². The van der Waals surface area contributed by atoms with E-state index in [4.69, 9.17) is 10.3 Å². The van der Waals surface area contributed by atoms with Crippen LogP contribution in [0.1, 0.15) is 6.92 Å². The van der Waals surface area contributed by atoms with Crippen LogP contribution in [0.15, 0.2) is 24.3 Å². The van der Waals surface area contributed by atoms with Crippen LogP contribution in [0.25, 0.3) is 0 Å². The molecule has 0 spiro atoms. The Bertz CT molecular complexity index is 477. The Balaban J connectivity index is 2.84. The van der Waals surface area contributed by atoms with E-state index in [1.165, 1.54) is 19.1 Å². The summed E-state index contributed by atoms with van der Waals surface area (Å²) in [4.78, 5) is 15.5. The average molecular weight is 293 g/mol. The van der Waals surface area contributed by atoms with Gasteiger partial charge in [0.25, 0.3) is 0 Å². The average Bonchev–Trinajstić information content (AvgIpc) is 2.32. The molecule has 2 atom stereocenters. The molecule has 0 aliphatic carbocycles. The second-order valence-electron chi connectivity index (χ2n) is 3.43. The van der Waals surface area contributed by atoms with E-state index >= 15 is 0 Å². The molecule has 0 aliphatic rings. The molecule has 2 N–H and O–H groups in total. The molecule has 19 heavy (non-hydrogen) atoms. The van der Waals surface area contributed by atoms with E-state index in [1.807, 2.05) is 0 Å². The minimum Gasteiger partial charge on any atom is -0.394 e. The van der Waals surface area contributed by atoms with Gasteiger partial charge < -0.3 is 14.8 Å². The monoisotopic (exact) mass is 293 g/mol. The first-order valence-corrected chi connectivity index (χ1v) is 6.59. The van der Waals surface area contributed by atoms with Crippen molar-refractivity contribution in [2.24, 2.45) is 5.73 Å². The molecule has 0 aromatic heterocycles. The second-order valence-corrected chi connectivity index (χ2v) is 4.84. The summed E-state index contributed by atoms with van der Waals surface area (Å²) in [6.07, 6.45) is 0. The normalized spacial score (nSPS) is 15.4. The molecule has 1 unspecified atom stereocenters. The zero-order valence-electron chi connectivity index (χ0n) is 10.2. The molecule has 9 heteroatoms. The Morgan fingerprint density at radius 1 is 1.37 bits per heavy atom. The molecular weight excluding hydrogens is 280 g/mol. The predicted molar refractivity (Wildman–Crippen MR) is 62.5 cm³/mol. The van der Waals surface area contributed by atoms with Gasteiger partial charge in [-0.15, -0.1) is 4.67 Å². The summed E-state index contributed by atoms with van der Waals surface area (Å²) >= 11 is 0. The van der Waals surface area contributed by atoms with Crippen LogP contribution >= 0.6 is 7.82 Å². The fraction of sp³-hybridized carbons (Fsp3) is 0.300. The summed E-state index contributed by atoms with van der Waals surface area (Å²) in [6, 6.07) is 3.48. The summed E-state index contributed by atoms with van der Waals surface area (Å²) < 4.78 is 38.4. The maximum Gasteiger partial charge on any atom is 0.618 e. The molecule has 1 rings (SSSR count). The lowest BCUT2D eigenvalue weighted by molar-refractivity contribution is -0.198. The molecule has 0 radical (unpaired) electrons. The summed E-state index contributed by atoms with van der Waals surface area (Å²) in [5.74, 6) is -1.54. The molecule has 0 bridgehead atoms. The minimum atomic E-state index is -4.34. The lowest BCUT2D eigenvalue weighted by Gasteiger charge is -2.16. The fourth-order valence-corrected chi connectivity index (χ4v) is 2.01. The lowest BCUT2D eigenvalue weighted by Crippen LogP contribution is -2.28. The number of carbonyl (C=O) groups excluding carboxylic acids is 1. The maximum absolute atomic E-state index is 12.7. The molecule has 0 amide bonds. The molecule has 0 saturated heterocycles. The van der Waals surface area contributed by atoms with Crippen LogP contribution in [0.4, 0.5) is 4.39 Å². The minimum absolute atomic E-state index is 0.0285. The number of hydrogen-bond acceptors (Lipinski definition) is 7. The molecule has 0 fully saturated rings. The van der Waals surface area contributed by atoms with E-state index in [2.05, 4.69) is 14.1 Å². The third kappa shape index (κ3) is 4.96. The smallest absolute Gasteiger partial charge is 0.394 e. The van der Waals surface area contributed by atoms with Gasteiger partial charge in [0, 0.05) is 0 Å². The summed E-state index contributed by atoms with van der Waals surface area (Å²) in [5, 5.41) is 0. The second kappa shape index (κ2) is 6.63. The highest BCUT2D eigenvalue weighted by Gasteiger charge is 2.35. The van der Waals surface area contributed by atoms with Gasteiger partial charge in [0.1, 0.15) is 17.6 Å². The van der Waals surface area contributed by atoms with Crippen molar-refractivity contribution >= 4 is 13.8 Å². The zero-order valence-corrected chi connectivity index (χ0v) is 11.1. The Kier molecular flexibility index (Phi) is 5.44. The number of rotatable bonds is 6. The summed E-state index contributed by atoms with van der Waals surface area (Å²) in [7, 11) is -3.28. The standard InChI is InChI=1S/C10H13FNO6P/c1-7(12)10(13)17-19(14,18-15-2)16-9-5-3-8(11)4-6-9/h3-7H,12H2,1-2H3/t7-,19?/m0/s1. The van der Waals surface area contributed by atoms with E-state index in [0.717, 1.165) is 19.2 Å². The number of phosphoric acid groups is 1. The Hall–Kier alpha value is -1.47. The van der Waals surface area contributed by atoms with Gasteiger partial charge in [-0.2, -0.15) is 0 Å². The first-order chi connectivity index (χ1) is 8.86. The fourth-order valence-electron chi connectivity index (χ4n) is 0.958.